The van der Waals surface area contributed by atoms with E-state index in [-0.39, 0.29) is 6.54 Å². The van der Waals surface area contributed by atoms with E-state index in [2.05, 4.69) is 11.4 Å². The second-order valence-corrected chi connectivity index (χ2v) is 7.13. The third-order valence-electron chi connectivity index (χ3n) is 4.91. The summed E-state index contributed by atoms with van der Waals surface area (Å²) in [5, 5.41) is 12.1. The molecule has 0 saturated heterocycles. The first-order valence-corrected chi connectivity index (χ1v) is 9.44. The summed E-state index contributed by atoms with van der Waals surface area (Å²) in [5.41, 5.74) is 2.01. The molecular weight excluding hydrogens is 358 g/mol. The van der Waals surface area contributed by atoms with Crippen molar-refractivity contribution in [2.24, 2.45) is 0 Å². The van der Waals surface area contributed by atoms with Gasteiger partial charge in [0.25, 0.3) is 0 Å². The van der Waals surface area contributed by atoms with Gasteiger partial charge in [0.15, 0.2) is 0 Å². The van der Waals surface area contributed by atoms with Crippen LogP contribution in [0.3, 0.4) is 0 Å². The minimum Gasteiger partial charge on any atom is -0.478 e. The Hall–Kier alpha value is -3.02. The number of carboxylic acid groups (broad SMARTS) is 1. The summed E-state index contributed by atoms with van der Waals surface area (Å²) in [7, 11) is 0. The molecule has 0 spiro atoms. The van der Waals surface area contributed by atoms with Crippen LogP contribution < -0.4 is 10.1 Å². The summed E-state index contributed by atoms with van der Waals surface area (Å²) in [6.07, 6.45) is 2.05. The van der Waals surface area contributed by atoms with E-state index in [1.807, 2.05) is 31.2 Å². The number of amides is 1. The Kier molecular flexibility index (Phi) is 6.19. The van der Waals surface area contributed by atoms with Gasteiger partial charge < -0.3 is 19.9 Å². The summed E-state index contributed by atoms with van der Waals surface area (Å²) in [4.78, 5) is 23.3. The van der Waals surface area contributed by atoms with Crippen molar-refractivity contribution in [2.45, 2.75) is 44.8 Å². The fourth-order valence-electron chi connectivity index (χ4n) is 3.16. The van der Waals surface area contributed by atoms with E-state index in [1.165, 1.54) is 5.56 Å². The van der Waals surface area contributed by atoms with Gasteiger partial charge in [-0.2, -0.15) is 0 Å². The van der Waals surface area contributed by atoms with Gasteiger partial charge in [0, 0.05) is 13.0 Å². The van der Waals surface area contributed by atoms with Crippen LogP contribution in [0.4, 0.5) is 4.79 Å². The van der Waals surface area contributed by atoms with Crippen LogP contribution >= 0.6 is 0 Å². The van der Waals surface area contributed by atoms with Gasteiger partial charge in [0.2, 0.25) is 5.60 Å². The van der Waals surface area contributed by atoms with Crippen molar-refractivity contribution in [3.8, 4) is 5.75 Å². The second-order valence-electron chi connectivity index (χ2n) is 7.13. The van der Waals surface area contributed by atoms with E-state index in [4.69, 9.17) is 9.47 Å². The maximum absolute atomic E-state index is 11.9. The Bertz CT molecular complexity index is 844. The molecule has 0 aromatic heterocycles. The van der Waals surface area contributed by atoms with Gasteiger partial charge in [0.05, 0.1) is 6.61 Å². The van der Waals surface area contributed by atoms with Crippen LogP contribution in [0.2, 0.25) is 0 Å². The molecule has 2 aromatic rings. The third-order valence-corrected chi connectivity index (χ3v) is 4.91. The van der Waals surface area contributed by atoms with Gasteiger partial charge in [-0.15, -0.1) is 0 Å². The quantitative estimate of drug-likeness (QED) is 0.723. The van der Waals surface area contributed by atoms with Crippen LogP contribution in [0.15, 0.2) is 48.5 Å². The Morgan fingerprint density at radius 3 is 2.54 bits per heavy atom. The van der Waals surface area contributed by atoms with E-state index in [0.29, 0.717) is 31.6 Å². The summed E-state index contributed by atoms with van der Waals surface area (Å²) in [6.45, 7) is 2.61. The van der Waals surface area contributed by atoms with E-state index in [9.17, 15) is 14.7 Å². The van der Waals surface area contributed by atoms with Crippen molar-refractivity contribution >= 4 is 12.1 Å². The molecule has 0 aliphatic heterocycles. The zero-order valence-electron chi connectivity index (χ0n) is 15.9. The predicted octanol–water partition coefficient (Wildman–Crippen LogP) is 3.85. The Balaban J connectivity index is 1.45. The average Bonchev–Trinajstić information content (AvgIpc) is 2.63. The van der Waals surface area contributed by atoms with Crippen molar-refractivity contribution in [3.63, 3.8) is 0 Å². The van der Waals surface area contributed by atoms with Crippen LogP contribution in [0.25, 0.3) is 0 Å². The SMILES string of the molecule is Cc1cccc(CCOC(=O)NCc2cccc(OC3(C(=O)O)CCC3)c2)c1. The standard InChI is InChI=1S/C22H25NO5/c1-16-5-2-6-17(13-16)9-12-27-21(26)23-15-18-7-3-8-19(14-18)28-22(20(24)25)10-4-11-22/h2-3,5-8,13-14H,4,9-12,15H2,1H3,(H,23,26)(H,24,25). The van der Waals surface area contributed by atoms with E-state index in [1.54, 1.807) is 18.2 Å². The van der Waals surface area contributed by atoms with Crippen LogP contribution in [0.1, 0.15) is 36.0 Å². The second kappa shape index (κ2) is 8.78. The predicted molar refractivity (Wildman–Crippen MR) is 104 cm³/mol. The highest BCUT2D eigenvalue weighted by molar-refractivity contribution is 5.79. The monoisotopic (exact) mass is 383 g/mol. The highest BCUT2D eigenvalue weighted by Gasteiger charge is 2.47. The normalized spacial score (nSPS) is 14.6. The van der Waals surface area contributed by atoms with Gasteiger partial charge >= 0.3 is 12.1 Å². The van der Waals surface area contributed by atoms with Gasteiger partial charge in [-0.1, -0.05) is 42.0 Å². The smallest absolute Gasteiger partial charge is 0.407 e. The molecule has 0 unspecified atom stereocenters. The summed E-state index contributed by atoms with van der Waals surface area (Å²) in [5.74, 6) is -0.436. The first-order chi connectivity index (χ1) is 13.5. The molecule has 0 bridgehead atoms. The van der Waals surface area contributed by atoms with Gasteiger partial charge in [-0.05, 0) is 49.4 Å². The van der Waals surface area contributed by atoms with E-state index in [0.717, 1.165) is 17.5 Å². The number of nitrogens with one attached hydrogen (secondary N) is 1. The number of ether oxygens (including phenoxy) is 2. The lowest BCUT2D eigenvalue weighted by molar-refractivity contribution is -0.163. The number of aryl methyl sites for hydroxylation is 1. The maximum atomic E-state index is 11.9. The fourth-order valence-corrected chi connectivity index (χ4v) is 3.16. The Morgan fingerprint density at radius 2 is 1.86 bits per heavy atom. The van der Waals surface area contributed by atoms with E-state index < -0.39 is 17.7 Å². The first-order valence-electron chi connectivity index (χ1n) is 9.44. The molecule has 0 atom stereocenters. The number of carbonyl (C=O) groups is 2. The number of rotatable bonds is 8. The topological polar surface area (TPSA) is 84.9 Å². The number of benzene rings is 2. The van der Waals surface area contributed by atoms with Crippen LogP contribution in [-0.2, 0) is 22.5 Å². The molecule has 1 amide bonds. The van der Waals surface area contributed by atoms with E-state index >= 15 is 0 Å². The number of hydrogen-bond donors (Lipinski definition) is 2. The summed E-state index contributed by atoms with van der Waals surface area (Å²) >= 11 is 0. The zero-order chi connectivity index (χ0) is 20.0. The van der Waals surface area contributed by atoms with Crippen molar-refractivity contribution in [1.29, 1.82) is 0 Å². The zero-order valence-corrected chi connectivity index (χ0v) is 15.9. The lowest BCUT2D eigenvalue weighted by Gasteiger charge is -2.37. The van der Waals surface area contributed by atoms with Crippen molar-refractivity contribution in [3.05, 3.63) is 65.2 Å². The highest BCUT2D eigenvalue weighted by Crippen LogP contribution is 2.37. The fraction of sp³-hybridized carbons (Fsp3) is 0.364. The molecule has 0 heterocycles. The molecule has 0 radical (unpaired) electrons. The number of alkyl carbamates (subject to hydrolysis) is 1. The molecule has 1 saturated carbocycles. The summed E-state index contributed by atoms with van der Waals surface area (Å²) < 4.78 is 10.9. The molecular formula is C22H25NO5. The summed E-state index contributed by atoms with van der Waals surface area (Å²) in [6, 6.07) is 15.2. The molecule has 1 fully saturated rings. The third kappa shape index (κ3) is 5.03. The lowest BCUT2D eigenvalue weighted by atomic mass is 9.80. The minimum absolute atomic E-state index is 0.278. The molecule has 148 valence electrons. The van der Waals surface area contributed by atoms with Crippen molar-refractivity contribution < 1.29 is 24.2 Å². The molecule has 1 aliphatic rings. The molecule has 28 heavy (non-hydrogen) atoms. The first kappa shape index (κ1) is 19.7. The lowest BCUT2D eigenvalue weighted by Crippen LogP contribution is -2.50. The molecule has 6 heteroatoms. The van der Waals surface area contributed by atoms with Gasteiger partial charge in [-0.3, -0.25) is 0 Å². The minimum atomic E-state index is -1.11. The van der Waals surface area contributed by atoms with Gasteiger partial charge in [0.1, 0.15) is 5.75 Å². The highest BCUT2D eigenvalue weighted by atomic mass is 16.5. The average molecular weight is 383 g/mol. The molecule has 3 rings (SSSR count). The molecule has 1 aliphatic carbocycles. The van der Waals surface area contributed by atoms with Crippen LogP contribution in [0, 0.1) is 6.92 Å². The Morgan fingerprint density at radius 1 is 1.11 bits per heavy atom. The molecule has 2 aromatic carbocycles. The maximum Gasteiger partial charge on any atom is 0.407 e. The Labute approximate surface area is 164 Å². The van der Waals surface area contributed by atoms with Crippen LogP contribution in [0.5, 0.6) is 5.75 Å². The molecule has 6 nitrogen and oxygen atoms in total. The number of aliphatic carboxylic acids is 1. The molecule has 2 N–H and O–H groups in total. The van der Waals surface area contributed by atoms with Crippen LogP contribution in [-0.4, -0.2) is 29.4 Å². The van der Waals surface area contributed by atoms with Crippen molar-refractivity contribution in [1.82, 2.24) is 5.32 Å². The largest absolute Gasteiger partial charge is 0.478 e. The van der Waals surface area contributed by atoms with Gasteiger partial charge in [-0.25, -0.2) is 9.59 Å². The number of carbonyl (C=O) groups excluding carboxylic acids is 1. The number of carboxylic acids is 1. The number of hydrogen-bond acceptors (Lipinski definition) is 4. The van der Waals surface area contributed by atoms with Crippen molar-refractivity contribution in [2.75, 3.05) is 6.61 Å².